The van der Waals surface area contributed by atoms with E-state index >= 15 is 0 Å². The van der Waals surface area contributed by atoms with Gasteiger partial charge in [0.1, 0.15) is 0 Å². The topological polar surface area (TPSA) is 58.4 Å². The van der Waals surface area contributed by atoms with E-state index < -0.39 is 6.04 Å². The fraction of sp³-hybridized carbons (Fsp3) is 0.316. The average Bonchev–Trinajstić information content (AvgIpc) is 2.55. The van der Waals surface area contributed by atoms with Gasteiger partial charge in [-0.3, -0.25) is 4.79 Å². The zero-order chi connectivity index (χ0) is 18.1. The number of halogens is 2. The summed E-state index contributed by atoms with van der Waals surface area (Å²) < 4.78 is 0. The van der Waals surface area contributed by atoms with Gasteiger partial charge in [-0.25, -0.2) is 0 Å². The van der Waals surface area contributed by atoms with E-state index in [0.29, 0.717) is 10.0 Å². The van der Waals surface area contributed by atoms with Gasteiger partial charge in [-0.15, -0.1) is 0 Å². The Morgan fingerprint density at radius 1 is 1.32 bits per heavy atom. The summed E-state index contributed by atoms with van der Waals surface area (Å²) in [6, 6.07) is 11.1. The third-order valence-electron chi connectivity index (χ3n) is 4.46. The van der Waals surface area contributed by atoms with E-state index in [1.54, 1.807) is 13.0 Å². The third-order valence-corrected chi connectivity index (χ3v) is 5.02. The molecule has 0 aliphatic carbocycles. The molecule has 2 aromatic rings. The largest absolute Gasteiger partial charge is 0.325 e. The normalized spacial score (nSPS) is 18.5. The Bertz CT molecular complexity index is 807. The molecule has 2 aromatic carbocycles. The predicted octanol–water partition coefficient (Wildman–Crippen LogP) is 3.86. The second-order valence-corrected chi connectivity index (χ2v) is 7.45. The van der Waals surface area contributed by atoms with Crippen molar-refractivity contribution in [2.75, 3.05) is 18.9 Å². The summed E-state index contributed by atoms with van der Waals surface area (Å²) in [6.07, 6.45) is 0. The van der Waals surface area contributed by atoms with Gasteiger partial charge in [-0.05, 0) is 54.9 Å². The highest BCUT2D eigenvalue weighted by atomic mass is 35.5. The summed E-state index contributed by atoms with van der Waals surface area (Å²) >= 11 is 12.7. The van der Waals surface area contributed by atoms with Crippen LogP contribution in [0.1, 0.15) is 29.5 Å². The molecule has 0 saturated heterocycles. The Hall–Kier alpha value is -1.59. The maximum atomic E-state index is 11.9. The zero-order valence-electron chi connectivity index (χ0n) is 14.2. The summed E-state index contributed by atoms with van der Waals surface area (Å²) in [6.45, 7) is 3.31. The van der Waals surface area contributed by atoms with Crippen LogP contribution in [0, 0.1) is 0 Å². The number of rotatable bonds is 3. The van der Waals surface area contributed by atoms with Gasteiger partial charge < -0.3 is 16.0 Å². The SMILES string of the molecule is C[C@H](N)C(=O)Nc1cccc(C2CN(C)Cc3c(Cl)cc(Cl)cc32)c1. The fourth-order valence-corrected chi connectivity index (χ4v) is 3.79. The number of nitrogens with zero attached hydrogens (tertiary/aromatic N) is 1. The Balaban J connectivity index is 1.99. The molecule has 0 saturated carbocycles. The van der Waals surface area contributed by atoms with Crippen LogP contribution < -0.4 is 11.1 Å². The van der Waals surface area contributed by atoms with E-state index in [9.17, 15) is 4.79 Å². The summed E-state index contributed by atoms with van der Waals surface area (Å²) in [4.78, 5) is 14.1. The van der Waals surface area contributed by atoms with Crippen LogP contribution in [-0.4, -0.2) is 30.4 Å². The molecule has 1 unspecified atom stereocenters. The Kier molecular flexibility index (Phi) is 5.35. The van der Waals surface area contributed by atoms with Gasteiger partial charge in [0.15, 0.2) is 0 Å². The molecule has 4 nitrogen and oxygen atoms in total. The molecule has 1 heterocycles. The quantitative estimate of drug-likeness (QED) is 0.853. The van der Waals surface area contributed by atoms with Crippen molar-refractivity contribution in [3.8, 4) is 0 Å². The highest BCUT2D eigenvalue weighted by Crippen LogP contribution is 2.38. The minimum atomic E-state index is -0.553. The Morgan fingerprint density at radius 3 is 2.80 bits per heavy atom. The molecule has 3 rings (SSSR count). The highest BCUT2D eigenvalue weighted by Gasteiger charge is 2.27. The monoisotopic (exact) mass is 377 g/mol. The average molecular weight is 378 g/mol. The summed E-state index contributed by atoms with van der Waals surface area (Å²) in [5.41, 5.74) is 9.73. The first kappa shape index (κ1) is 18.2. The number of hydrogen-bond acceptors (Lipinski definition) is 3. The first-order valence-electron chi connectivity index (χ1n) is 8.18. The molecule has 3 N–H and O–H groups in total. The van der Waals surface area contributed by atoms with Crippen LogP contribution in [0.5, 0.6) is 0 Å². The van der Waals surface area contributed by atoms with Gasteiger partial charge in [0, 0.05) is 34.7 Å². The molecule has 6 heteroatoms. The lowest BCUT2D eigenvalue weighted by Gasteiger charge is -2.33. The van der Waals surface area contributed by atoms with Crippen molar-refractivity contribution in [3.63, 3.8) is 0 Å². The van der Waals surface area contributed by atoms with Crippen LogP contribution >= 0.6 is 23.2 Å². The number of anilines is 1. The standard InChI is InChI=1S/C19H21Cl2N3O/c1-11(22)19(25)23-14-5-3-4-12(6-14)16-9-24(2)10-17-15(16)7-13(20)8-18(17)21/h3-8,11,16H,9-10,22H2,1-2H3,(H,23,25)/t11-,16?/m0/s1. The van der Waals surface area contributed by atoms with Gasteiger partial charge in [0.2, 0.25) is 5.91 Å². The second kappa shape index (κ2) is 7.34. The number of amides is 1. The zero-order valence-corrected chi connectivity index (χ0v) is 15.7. The minimum Gasteiger partial charge on any atom is -0.325 e. The van der Waals surface area contributed by atoms with Gasteiger partial charge >= 0.3 is 0 Å². The molecule has 0 bridgehead atoms. The van der Waals surface area contributed by atoms with Gasteiger partial charge in [-0.2, -0.15) is 0 Å². The van der Waals surface area contributed by atoms with Crippen molar-refractivity contribution in [2.24, 2.45) is 5.73 Å². The molecular formula is C19H21Cl2N3O. The van der Waals surface area contributed by atoms with Crippen molar-refractivity contribution in [3.05, 3.63) is 63.1 Å². The molecule has 1 amide bonds. The van der Waals surface area contributed by atoms with E-state index in [-0.39, 0.29) is 11.8 Å². The maximum absolute atomic E-state index is 11.9. The number of nitrogens with one attached hydrogen (secondary N) is 1. The highest BCUT2D eigenvalue weighted by molar-refractivity contribution is 6.35. The molecule has 1 aliphatic rings. The van der Waals surface area contributed by atoms with E-state index in [0.717, 1.165) is 35.5 Å². The van der Waals surface area contributed by atoms with Crippen molar-refractivity contribution in [1.29, 1.82) is 0 Å². The van der Waals surface area contributed by atoms with Crippen molar-refractivity contribution in [1.82, 2.24) is 4.90 Å². The first-order valence-corrected chi connectivity index (χ1v) is 8.93. The number of carbonyl (C=O) groups is 1. The maximum Gasteiger partial charge on any atom is 0.240 e. The van der Waals surface area contributed by atoms with Gasteiger partial charge in [-0.1, -0.05) is 35.3 Å². The van der Waals surface area contributed by atoms with Crippen molar-refractivity contribution in [2.45, 2.75) is 25.4 Å². The number of fused-ring (bicyclic) bond motifs is 1. The molecule has 0 aromatic heterocycles. The molecular weight excluding hydrogens is 357 g/mol. The Morgan fingerprint density at radius 2 is 2.08 bits per heavy atom. The van der Waals surface area contributed by atoms with Crippen LogP contribution in [0.4, 0.5) is 5.69 Å². The van der Waals surface area contributed by atoms with E-state index in [1.807, 2.05) is 24.3 Å². The van der Waals surface area contributed by atoms with E-state index in [2.05, 4.69) is 23.3 Å². The summed E-state index contributed by atoms with van der Waals surface area (Å²) in [5, 5.41) is 4.18. The predicted molar refractivity (Wildman–Crippen MR) is 103 cm³/mol. The smallest absolute Gasteiger partial charge is 0.240 e. The van der Waals surface area contributed by atoms with E-state index in [1.165, 1.54) is 0 Å². The minimum absolute atomic E-state index is 0.136. The van der Waals surface area contributed by atoms with Crippen LogP contribution in [0.2, 0.25) is 10.0 Å². The number of likely N-dealkylation sites (N-methyl/N-ethyl adjacent to an activating group) is 1. The number of carbonyl (C=O) groups excluding carboxylic acids is 1. The van der Waals surface area contributed by atoms with Crippen molar-refractivity contribution >= 4 is 34.8 Å². The molecule has 0 radical (unpaired) electrons. The van der Waals surface area contributed by atoms with Crippen LogP contribution in [-0.2, 0) is 11.3 Å². The molecule has 25 heavy (non-hydrogen) atoms. The molecule has 2 atom stereocenters. The number of nitrogens with two attached hydrogens (primary N) is 1. The lowest BCUT2D eigenvalue weighted by atomic mass is 9.84. The number of hydrogen-bond donors (Lipinski definition) is 2. The summed E-state index contributed by atoms with van der Waals surface area (Å²) in [5.74, 6) is -0.0681. The first-order chi connectivity index (χ1) is 11.8. The van der Waals surface area contributed by atoms with Crippen LogP contribution in [0.15, 0.2) is 36.4 Å². The van der Waals surface area contributed by atoms with E-state index in [4.69, 9.17) is 28.9 Å². The lowest BCUT2D eigenvalue weighted by Crippen LogP contribution is -2.33. The molecule has 132 valence electrons. The second-order valence-electron chi connectivity index (χ2n) is 6.61. The Labute approximate surface area is 157 Å². The van der Waals surface area contributed by atoms with Crippen molar-refractivity contribution < 1.29 is 4.79 Å². The van der Waals surface area contributed by atoms with Crippen LogP contribution in [0.25, 0.3) is 0 Å². The molecule has 1 aliphatic heterocycles. The van der Waals surface area contributed by atoms with Gasteiger partial charge in [0.25, 0.3) is 0 Å². The van der Waals surface area contributed by atoms with Gasteiger partial charge in [0.05, 0.1) is 6.04 Å². The molecule has 0 fully saturated rings. The summed E-state index contributed by atoms with van der Waals surface area (Å²) in [7, 11) is 2.07. The van der Waals surface area contributed by atoms with Crippen LogP contribution in [0.3, 0.4) is 0 Å². The number of benzene rings is 2. The lowest BCUT2D eigenvalue weighted by molar-refractivity contribution is -0.117. The fourth-order valence-electron chi connectivity index (χ4n) is 3.22. The molecule has 0 spiro atoms. The third kappa shape index (κ3) is 3.98.